The second-order valence-corrected chi connectivity index (χ2v) is 3.15. The number of nitrogens with one attached hydrogen (secondary N) is 1. The summed E-state index contributed by atoms with van der Waals surface area (Å²) < 4.78 is 9.68. The number of ether oxygens (including phenoxy) is 2. The van der Waals surface area contributed by atoms with E-state index in [1.54, 1.807) is 20.0 Å². The standard InChI is InChI=1S/C10H16N2O4/c1-3-15-9(13)8-5-11-7-12(6-8)10(14)16-4-2/h5,11H,3-4,6-7H2,1-2H3. The van der Waals surface area contributed by atoms with Gasteiger partial charge < -0.3 is 14.8 Å². The van der Waals surface area contributed by atoms with Crippen LogP contribution in [0.3, 0.4) is 0 Å². The van der Waals surface area contributed by atoms with Gasteiger partial charge in [-0.2, -0.15) is 0 Å². The molecule has 1 N–H and O–H groups in total. The van der Waals surface area contributed by atoms with Crippen LogP contribution in [-0.2, 0) is 14.3 Å². The van der Waals surface area contributed by atoms with Gasteiger partial charge in [-0.25, -0.2) is 9.59 Å². The zero-order valence-electron chi connectivity index (χ0n) is 9.49. The summed E-state index contributed by atoms with van der Waals surface area (Å²) in [4.78, 5) is 24.2. The Morgan fingerprint density at radius 3 is 2.69 bits per heavy atom. The second-order valence-electron chi connectivity index (χ2n) is 3.15. The molecule has 0 spiro atoms. The number of esters is 1. The molecule has 0 aromatic heterocycles. The van der Waals surface area contributed by atoms with Crippen molar-refractivity contribution in [1.82, 2.24) is 10.2 Å². The Hall–Kier alpha value is -1.72. The molecule has 90 valence electrons. The molecule has 6 nitrogen and oxygen atoms in total. The number of amides is 1. The van der Waals surface area contributed by atoms with Crippen molar-refractivity contribution in [3.05, 3.63) is 11.8 Å². The van der Waals surface area contributed by atoms with Gasteiger partial charge in [-0.15, -0.1) is 0 Å². The van der Waals surface area contributed by atoms with Gasteiger partial charge in [0.2, 0.25) is 0 Å². The normalized spacial score (nSPS) is 14.9. The van der Waals surface area contributed by atoms with E-state index in [0.717, 1.165) is 0 Å². The minimum absolute atomic E-state index is 0.213. The molecule has 0 bridgehead atoms. The highest BCUT2D eigenvalue weighted by Gasteiger charge is 2.23. The van der Waals surface area contributed by atoms with Gasteiger partial charge in [0.25, 0.3) is 0 Å². The first-order chi connectivity index (χ1) is 7.69. The third kappa shape index (κ3) is 3.15. The van der Waals surface area contributed by atoms with Crippen LogP contribution in [0.2, 0.25) is 0 Å². The van der Waals surface area contributed by atoms with Crippen LogP contribution in [-0.4, -0.2) is 43.4 Å². The maximum atomic E-state index is 11.4. The molecule has 0 atom stereocenters. The van der Waals surface area contributed by atoms with E-state index in [2.05, 4.69) is 5.32 Å². The van der Waals surface area contributed by atoms with E-state index in [1.165, 1.54) is 4.90 Å². The Kier molecular flexibility index (Phi) is 4.63. The minimum atomic E-state index is -0.440. The number of nitrogens with zero attached hydrogens (tertiary/aromatic N) is 1. The number of hydrogen-bond donors (Lipinski definition) is 1. The summed E-state index contributed by atoms with van der Waals surface area (Å²) in [5.41, 5.74) is 0.418. The van der Waals surface area contributed by atoms with E-state index in [9.17, 15) is 9.59 Å². The van der Waals surface area contributed by atoms with E-state index in [0.29, 0.717) is 25.5 Å². The molecule has 1 amide bonds. The maximum absolute atomic E-state index is 11.4. The Morgan fingerprint density at radius 1 is 1.38 bits per heavy atom. The summed E-state index contributed by atoms with van der Waals surface area (Å²) in [7, 11) is 0. The lowest BCUT2D eigenvalue weighted by Crippen LogP contribution is -2.43. The number of rotatable bonds is 3. The fraction of sp³-hybridized carbons (Fsp3) is 0.600. The van der Waals surface area contributed by atoms with E-state index >= 15 is 0 Å². The van der Waals surface area contributed by atoms with Crippen molar-refractivity contribution in [1.29, 1.82) is 0 Å². The quantitative estimate of drug-likeness (QED) is 0.710. The number of hydrogen-bond acceptors (Lipinski definition) is 5. The summed E-state index contributed by atoms with van der Waals surface area (Å²) in [5.74, 6) is -0.413. The Balaban J connectivity index is 2.55. The van der Waals surface area contributed by atoms with Crippen LogP contribution in [0.4, 0.5) is 4.79 Å². The lowest BCUT2D eigenvalue weighted by atomic mass is 10.2. The summed E-state index contributed by atoms with van der Waals surface area (Å²) in [6.45, 7) is 4.64. The van der Waals surface area contributed by atoms with E-state index < -0.39 is 12.1 Å². The van der Waals surface area contributed by atoms with Crippen LogP contribution >= 0.6 is 0 Å². The second kappa shape index (κ2) is 5.99. The molecule has 1 heterocycles. The van der Waals surface area contributed by atoms with Crippen LogP contribution < -0.4 is 5.32 Å². The van der Waals surface area contributed by atoms with Gasteiger partial charge in [0.15, 0.2) is 0 Å². The number of carbonyl (C=O) groups is 2. The average Bonchev–Trinajstić information content (AvgIpc) is 2.30. The van der Waals surface area contributed by atoms with Crippen LogP contribution in [0.15, 0.2) is 11.8 Å². The van der Waals surface area contributed by atoms with Crippen LogP contribution in [0, 0.1) is 0 Å². The van der Waals surface area contributed by atoms with Gasteiger partial charge in [0, 0.05) is 6.20 Å². The molecule has 16 heavy (non-hydrogen) atoms. The summed E-state index contributed by atoms with van der Waals surface area (Å²) >= 11 is 0. The molecule has 0 unspecified atom stereocenters. The third-order valence-electron chi connectivity index (χ3n) is 1.98. The average molecular weight is 228 g/mol. The lowest BCUT2D eigenvalue weighted by Gasteiger charge is -2.26. The first kappa shape index (κ1) is 12.4. The molecule has 1 aliphatic heterocycles. The topological polar surface area (TPSA) is 67.9 Å². The summed E-state index contributed by atoms with van der Waals surface area (Å²) in [6.07, 6.45) is 1.12. The van der Waals surface area contributed by atoms with E-state index in [-0.39, 0.29) is 6.54 Å². The van der Waals surface area contributed by atoms with Gasteiger partial charge in [0.1, 0.15) is 0 Å². The van der Waals surface area contributed by atoms with Crippen molar-refractivity contribution in [2.75, 3.05) is 26.4 Å². The highest BCUT2D eigenvalue weighted by Crippen LogP contribution is 2.07. The molecule has 0 aliphatic carbocycles. The minimum Gasteiger partial charge on any atom is -0.463 e. The molecular formula is C10H16N2O4. The molecule has 0 saturated heterocycles. The molecule has 0 aromatic rings. The predicted molar refractivity (Wildman–Crippen MR) is 56.4 cm³/mol. The molecule has 0 fully saturated rings. The molecular weight excluding hydrogens is 212 g/mol. The SMILES string of the molecule is CCOC(=O)C1=CNCN(C(=O)OCC)C1. The fourth-order valence-corrected chi connectivity index (χ4v) is 1.28. The predicted octanol–water partition coefficient (Wildman–Crippen LogP) is 0.453. The Labute approximate surface area is 94.2 Å². The molecule has 0 saturated carbocycles. The lowest BCUT2D eigenvalue weighted by molar-refractivity contribution is -0.138. The van der Waals surface area contributed by atoms with Crippen molar-refractivity contribution >= 4 is 12.1 Å². The molecule has 0 radical (unpaired) electrons. The molecule has 6 heteroatoms. The van der Waals surface area contributed by atoms with Crippen molar-refractivity contribution in [2.24, 2.45) is 0 Å². The zero-order chi connectivity index (χ0) is 12.0. The van der Waals surface area contributed by atoms with Crippen LogP contribution in [0.25, 0.3) is 0 Å². The molecule has 1 aliphatic rings. The zero-order valence-corrected chi connectivity index (χ0v) is 9.49. The number of carbonyl (C=O) groups excluding carboxylic acids is 2. The highest BCUT2D eigenvalue weighted by atomic mass is 16.6. The highest BCUT2D eigenvalue weighted by molar-refractivity contribution is 5.89. The van der Waals surface area contributed by atoms with Crippen molar-refractivity contribution in [3.63, 3.8) is 0 Å². The van der Waals surface area contributed by atoms with Crippen LogP contribution in [0.1, 0.15) is 13.8 Å². The van der Waals surface area contributed by atoms with Gasteiger partial charge in [-0.05, 0) is 13.8 Å². The smallest absolute Gasteiger partial charge is 0.411 e. The Morgan fingerprint density at radius 2 is 2.06 bits per heavy atom. The van der Waals surface area contributed by atoms with Crippen molar-refractivity contribution < 1.29 is 19.1 Å². The molecule has 1 rings (SSSR count). The Bertz CT molecular complexity index is 301. The first-order valence-electron chi connectivity index (χ1n) is 5.20. The van der Waals surface area contributed by atoms with Gasteiger partial charge in [-0.1, -0.05) is 0 Å². The summed E-state index contributed by atoms with van der Waals surface area (Å²) in [5, 5.41) is 2.83. The first-order valence-corrected chi connectivity index (χ1v) is 5.20. The van der Waals surface area contributed by atoms with Crippen molar-refractivity contribution in [3.8, 4) is 0 Å². The fourth-order valence-electron chi connectivity index (χ4n) is 1.28. The van der Waals surface area contributed by atoms with Gasteiger partial charge in [-0.3, -0.25) is 4.90 Å². The van der Waals surface area contributed by atoms with Crippen molar-refractivity contribution in [2.45, 2.75) is 13.8 Å². The van der Waals surface area contributed by atoms with Gasteiger partial charge >= 0.3 is 12.1 Å². The van der Waals surface area contributed by atoms with Crippen LogP contribution in [0.5, 0.6) is 0 Å². The van der Waals surface area contributed by atoms with E-state index in [1.807, 2.05) is 0 Å². The largest absolute Gasteiger partial charge is 0.463 e. The maximum Gasteiger partial charge on any atom is 0.411 e. The molecule has 0 aromatic carbocycles. The van der Waals surface area contributed by atoms with Gasteiger partial charge in [0.05, 0.1) is 32.0 Å². The third-order valence-corrected chi connectivity index (χ3v) is 1.98. The monoisotopic (exact) mass is 228 g/mol. The van der Waals surface area contributed by atoms with E-state index in [4.69, 9.17) is 9.47 Å². The summed E-state index contributed by atoms with van der Waals surface area (Å²) in [6, 6.07) is 0.